The molecule has 140 valence electrons. The number of ether oxygens (including phenoxy) is 1. The van der Waals surface area contributed by atoms with Crippen molar-refractivity contribution >= 4 is 49.1 Å². The van der Waals surface area contributed by atoms with Gasteiger partial charge in [-0.1, -0.05) is 27.5 Å². The highest BCUT2D eigenvalue weighted by atomic mass is 79.9. The predicted octanol–water partition coefficient (Wildman–Crippen LogP) is 3.51. The Morgan fingerprint density at radius 1 is 1.31 bits per heavy atom. The van der Waals surface area contributed by atoms with E-state index in [1.54, 1.807) is 6.07 Å². The van der Waals surface area contributed by atoms with Crippen LogP contribution in [-0.4, -0.2) is 39.3 Å². The fraction of sp³-hybridized carbons (Fsp3) is 0.188. The number of rotatable bonds is 6. The molecule has 1 N–H and O–H groups in total. The fourth-order valence-electron chi connectivity index (χ4n) is 2.06. The number of hydrogen-bond acceptors (Lipinski definition) is 4. The summed E-state index contributed by atoms with van der Waals surface area (Å²) in [4.78, 5) is 12.0. The van der Waals surface area contributed by atoms with Crippen molar-refractivity contribution in [3.8, 4) is 5.75 Å². The number of carbonyl (C=O) groups excluding carboxylic acids is 1. The number of benzene rings is 2. The average molecular weight is 466 g/mol. The number of methoxy groups -OCH3 is 1. The Morgan fingerprint density at radius 2 is 2.00 bits per heavy atom. The molecule has 2 aromatic rings. The first-order valence-electron chi connectivity index (χ1n) is 7.20. The van der Waals surface area contributed by atoms with Crippen LogP contribution in [0.3, 0.4) is 0 Å². The number of nitrogens with zero attached hydrogens (tertiary/aromatic N) is 1. The average Bonchev–Trinajstić information content (AvgIpc) is 2.57. The number of hydrogen-bond donors (Lipinski definition) is 1. The maximum atomic E-state index is 13.8. The smallest absolute Gasteiger partial charge is 0.243 e. The molecular formula is C16H15BrClFN2O4S. The maximum Gasteiger partial charge on any atom is 0.243 e. The molecule has 0 saturated carbocycles. The van der Waals surface area contributed by atoms with Gasteiger partial charge in [0.2, 0.25) is 15.9 Å². The van der Waals surface area contributed by atoms with Gasteiger partial charge < -0.3 is 10.1 Å². The number of sulfonamides is 1. The Morgan fingerprint density at radius 3 is 2.58 bits per heavy atom. The van der Waals surface area contributed by atoms with Gasteiger partial charge in [-0.2, -0.15) is 4.31 Å². The Bertz CT molecular complexity index is 940. The van der Waals surface area contributed by atoms with Crippen LogP contribution in [0.15, 0.2) is 45.8 Å². The van der Waals surface area contributed by atoms with Gasteiger partial charge in [0.15, 0.2) is 0 Å². The van der Waals surface area contributed by atoms with Crippen LogP contribution in [0.25, 0.3) is 0 Å². The van der Waals surface area contributed by atoms with E-state index >= 15 is 0 Å². The predicted molar refractivity (Wildman–Crippen MR) is 101 cm³/mol. The van der Waals surface area contributed by atoms with Crippen molar-refractivity contribution in [2.75, 3.05) is 26.0 Å². The summed E-state index contributed by atoms with van der Waals surface area (Å²) >= 11 is 9.06. The Labute approximate surface area is 164 Å². The second-order valence-electron chi connectivity index (χ2n) is 5.23. The molecule has 0 spiro atoms. The van der Waals surface area contributed by atoms with E-state index in [4.69, 9.17) is 16.3 Å². The van der Waals surface area contributed by atoms with Crippen molar-refractivity contribution in [1.82, 2.24) is 4.31 Å². The summed E-state index contributed by atoms with van der Waals surface area (Å²) < 4.78 is 45.2. The lowest BCUT2D eigenvalue weighted by Crippen LogP contribution is -2.35. The van der Waals surface area contributed by atoms with E-state index in [0.717, 1.165) is 4.31 Å². The quantitative estimate of drug-likeness (QED) is 0.708. The van der Waals surface area contributed by atoms with Gasteiger partial charge in [0.1, 0.15) is 11.6 Å². The molecule has 0 fully saturated rings. The van der Waals surface area contributed by atoms with E-state index in [0.29, 0.717) is 10.2 Å². The summed E-state index contributed by atoms with van der Waals surface area (Å²) in [5.41, 5.74) is -0.0449. The van der Waals surface area contributed by atoms with Gasteiger partial charge in [0.25, 0.3) is 0 Å². The van der Waals surface area contributed by atoms with Gasteiger partial charge >= 0.3 is 0 Å². The molecule has 6 nitrogen and oxygen atoms in total. The minimum absolute atomic E-state index is 0.0449. The van der Waals surface area contributed by atoms with Crippen molar-refractivity contribution in [2.45, 2.75) is 4.90 Å². The summed E-state index contributed by atoms with van der Waals surface area (Å²) in [5.74, 6) is -0.992. The third-order valence-electron chi connectivity index (χ3n) is 3.40. The molecule has 0 atom stereocenters. The van der Waals surface area contributed by atoms with Crippen LogP contribution in [-0.2, 0) is 14.8 Å². The van der Waals surface area contributed by atoms with Crippen molar-refractivity contribution in [3.63, 3.8) is 0 Å². The lowest BCUT2D eigenvalue weighted by molar-refractivity contribution is -0.116. The molecule has 0 unspecified atom stereocenters. The third-order valence-corrected chi connectivity index (χ3v) is 5.99. The van der Waals surface area contributed by atoms with Crippen molar-refractivity contribution in [3.05, 3.63) is 51.7 Å². The molecule has 10 heteroatoms. The number of nitrogens with one attached hydrogen (secondary N) is 1. The topological polar surface area (TPSA) is 75.7 Å². The van der Waals surface area contributed by atoms with Crippen LogP contribution in [0, 0.1) is 5.82 Å². The summed E-state index contributed by atoms with van der Waals surface area (Å²) in [7, 11) is -1.31. The zero-order valence-electron chi connectivity index (χ0n) is 13.8. The van der Waals surface area contributed by atoms with Gasteiger partial charge in [-0.15, -0.1) is 0 Å². The van der Waals surface area contributed by atoms with Gasteiger partial charge in [-0.25, -0.2) is 12.8 Å². The minimum Gasteiger partial charge on any atom is -0.495 e. The summed E-state index contributed by atoms with van der Waals surface area (Å²) in [6.45, 7) is -0.499. The molecular weight excluding hydrogens is 451 g/mol. The molecule has 0 radical (unpaired) electrons. The number of carbonyl (C=O) groups is 1. The van der Waals surface area contributed by atoms with Gasteiger partial charge in [-0.3, -0.25) is 4.79 Å². The Hall–Kier alpha value is -1.68. The fourth-order valence-corrected chi connectivity index (χ4v) is 3.86. The van der Waals surface area contributed by atoms with Gasteiger partial charge in [-0.05, 0) is 36.4 Å². The van der Waals surface area contributed by atoms with Crippen LogP contribution in [0.2, 0.25) is 5.02 Å². The van der Waals surface area contributed by atoms with Crippen LogP contribution in [0.4, 0.5) is 10.1 Å². The SMILES string of the molecule is COc1ccc(S(=O)(=O)N(C)CC(=O)Nc2ccc(Br)cc2F)cc1Cl. The summed E-state index contributed by atoms with van der Waals surface area (Å²) in [6.07, 6.45) is 0. The molecule has 0 aliphatic rings. The zero-order chi connectivity index (χ0) is 19.5. The Balaban J connectivity index is 2.13. The van der Waals surface area contributed by atoms with Crippen LogP contribution < -0.4 is 10.1 Å². The van der Waals surface area contributed by atoms with E-state index in [1.807, 2.05) is 0 Å². The standard InChI is InChI=1S/C16H15BrClFN2O4S/c1-21(9-16(22)20-14-5-3-10(17)7-13(14)19)26(23,24)11-4-6-15(25-2)12(18)8-11/h3-8H,9H2,1-2H3,(H,20,22). The molecule has 1 amide bonds. The van der Waals surface area contributed by atoms with E-state index in [1.165, 1.54) is 44.5 Å². The number of amides is 1. The van der Waals surface area contributed by atoms with E-state index in [-0.39, 0.29) is 15.6 Å². The molecule has 0 aliphatic carbocycles. The highest BCUT2D eigenvalue weighted by Gasteiger charge is 2.24. The normalized spacial score (nSPS) is 11.5. The number of halogens is 3. The number of likely N-dealkylation sites (N-methyl/N-ethyl adjacent to an activating group) is 1. The second-order valence-corrected chi connectivity index (χ2v) is 8.60. The Kier molecular flexibility index (Phi) is 6.62. The third kappa shape index (κ3) is 4.73. The van der Waals surface area contributed by atoms with Crippen molar-refractivity contribution < 1.29 is 22.3 Å². The summed E-state index contributed by atoms with van der Waals surface area (Å²) in [6, 6.07) is 8.09. The largest absolute Gasteiger partial charge is 0.495 e. The second kappa shape index (κ2) is 8.34. The zero-order valence-corrected chi connectivity index (χ0v) is 17.0. The maximum absolute atomic E-state index is 13.8. The monoisotopic (exact) mass is 464 g/mol. The van der Waals surface area contributed by atoms with Crippen molar-refractivity contribution in [1.29, 1.82) is 0 Å². The molecule has 2 aromatic carbocycles. The highest BCUT2D eigenvalue weighted by molar-refractivity contribution is 9.10. The van der Waals surface area contributed by atoms with Gasteiger partial charge in [0, 0.05) is 11.5 Å². The molecule has 26 heavy (non-hydrogen) atoms. The molecule has 0 aliphatic heterocycles. The van der Waals surface area contributed by atoms with E-state index < -0.39 is 28.3 Å². The van der Waals surface area contributed by atoms with Crippen LogP contribution >= 0.6 is 27.5 Å². The highest BCUT2D eigenvalue weighted by Crippen LogP contribution is 2.28. The van der Waals surface area contributed by atoms with E-state index in [9.17, 15) is 17.6 Å². The van der Waals surface area contributed by atoms with Crippen molar-refractivity contribution in [2.24, 2.45) is 0 Å². The van der Waals surface area contributed by atoms with Gasteiger partial charge in [0.05, 0.1) is 29.3 Å². The molecule has 0 saturated heterocycles. The molecule has 0 aromatic heterocycles. The summed E-state index contributed by atoms with van der Waals surface area (Å²) in [5, 5.41) is 2.46. The first-order valence-corrected chi connectivity index (χ1v) is 9.81. The lowest BCUT2D eigenvalue weighted by atomic mass is 10.3. The molecule has 2 rings (SSSR count). The molecule has 0 heterocycles. The first-order chi connectivity index (χ1) is 12.1. The van der Waals surface area contributed by atoms with E-state index in [2.05, 4.69) is 21.2 Å². The lowest BCUT2D eigenvalue weighted by Gasteiger charge is -2.17. The minimum atomic E-state index is -3.96. The first kappa shape index (κ1) is 20.6. The van der Waals surface area contributed by atoms with Crippen LogP contribution in [0.1, 0.15) is 0 Å². The number of anilines is 1. The van der Waals surface area contributed by atoms with Crippen LogP contribution in [0.5, 0.6) is 5.75 Å². The molecule has 0 bridgehead atoms.